The lowest BCUT2D eigenvalue weighted by Crippen LogP contribution is -3.12. The minimum atomic E-state index is -0.466. The summed E-state index contributed by atoms with van der Waals surface area (Å²) >= 11 is 7.85. The van der Waals surface area contributed by atoms with Crippen molar-refractivity contribution in [2.75, 3.05) is 39.0 Å². The molecule has 1 aromatic rings. The number of halogens is 1. The van der Waals surface area contributed by atoms with Gasteiger partial charge in [0.25, 0.3) is 0 Å². The second-order valence-electron chi connectivity index (χ2n) is 6.44. The number of rotatable bonds is 3. The SMILES string of the molecule is C[C@H](C(=O)N1CC[NH+](C)CC1)N1C(=O)CS[C@H]1c1ccccc1Cl. The molecular formula is C17H23ClN3O2S+. The third kappa shape index (κ3) is 3.41. The average Bonchev–Trinajstić information content (AvgIpc) is 2.96. The summed E-state index contributed by atoms with van der Waals surface area (Å²) in [5, 5.41) is 0.445. The molecule has 0 aromatic heterocycles. The molecule has 5 nitrogen and oxygen atoms in total. The van der Waals surface area contributed by atoms with E-state index in [1.54, 1.807) is 4.90 Å². The lowest BCUT2D eigenvalue weighted by molar-refractivity contribution is -0.883. The highest BCUT2D eigenvalue weighted by Gasteiger charge is 2.41. The highest BCUT2D eigenvalue weighted by atomic mass is 35.5. The molecular weight excluding hydrogens is 346 g/mol. The first-order valence-electron chi connectivity index (χ1n) is 8.26. The number of piperazine rings is 1. The summed E-state index contributed by atoms with van der Waals surface area (Å²) in [5.41, 5.74) is 0.900. The molecule has 2 amide bonds. The monoisotopic (exact) mass is 368 g/mol. The first-order valence-corrected chi connectivity index (χ1v) is 9.69. The number of hydrogen-bond acceptors (Lipinski definition) is 3. The zero-order chi connectivity index (χ0) is 17.3. The number of benzene rings is 1. The highest BCUT2D eigenvalue weighted by molar-refractivity contribution is 8.00. The summed E-state index contributed by atoms with van der Waals surface area (Å²) in [7, 11) is 2.14. The van der Waals surface area contributed by atoms with Crippen molar-refractivity contribution in [2.24, 2.45) is 0 Å². The van der Waals surface area contributed by atoms with Gasteiger partial charge in [-0.3, -0.25) is 9.59 Å². The van der Waals surface area contributed by atoms with E-state index >= 15 is 0 Å². The van der Waals surface area contributed by atoms with Crippen LogP contribution in [0.4, 0.5) is 0 Å². The van der Waals surface area contributed by atoms with Crippen molar-refractivity contribution in [2.45, 2.75) is 18.3 Å². The molecule has 1 aromatic carbocycles. The normalized spacial score (nSPS) is 23.6. The van der Waals surface area contributed by atoms with Gasteiger partial charge in [0, 0.05) is 10.6 Å². The lowest BCUT2D eigenvalue weighted by atomic mass is 10.1. The van der Waals surface area contributed by atoms with Crippen LogP contribution < -0.4 is 4.90 Å². The van der Waals surface area contributed by atoms with Crippen LogP contribution in [0.5, 0.6) is 0 Å². The summed E-state index contributed by atoms with van der Waals surface area (Å²) < 4.78 is 0. The third-order valence-electron chi connectivity index (χ3n) is 4.78. The Morgan fingerprint density at radius 1 is 1.33 bits per heavy atom. The van der Waals surface area contributed by atoms with Gasteiger partial charge in [-0.25, -0.2) is 0 Å². The minimum absolute atomic E-state index is 0.00511. The summed E-state index contributed by atoms with van der Waals surface area (Å²) in [5.74, 6) is 0.432. The fraction of sp³-hybridized carbons (Fsp3) is 0.529. The molecule has 3 rings (SSSR count). The average molecular weight is 369 g/mol. The predicted octanol–water partition coefficient (Wildman–Crippen LogP) is 0.659. The Labute approximate surface area is 151 Å². The molecule has 7 heteroatoms. The molecule has 0 saturated carbocycles. The van der Waals surface area contributed by atoms with Gasteiger partial charge in [-0.15, -0.1) is 11.8 Å². The molecule has 24 heavy (non-hydrogen) atoms. The van der Waals surface area contributed by atoms with Crippen molar-refractivity contribution < 1.29 is 14.5 Å². The largest absolute Gasteiger partial charge is 0.334 e. The number of nitrogens with zero attached hydrogens (tertiary/aromatic N) is 2. The number of amides is 2. The first-order chi connectivity index (χ1) is 11.5. The molecule has 130 valence electrons. The molecule has 0 aliphatic carbocycles. The summed E-state index contributed by atoms with van der Waals surface area (Å²) in [6, 6.07) is 7.08. The fourth-order valence-corrected chi connectivity index (χ4v) is 4.86. The van der Waals surface area contributed by atoms with Crippen molar-refractivity contribution >= 4 is 35.2 Å². The number of nitrogens with one attached hydrogen (secondary N) is 1. The number of quaternary nitrogens is 1. The van der Waals surface area contributed by atoms with Crippen molar-refractivity contribution in [3.05, 3.63) is 34.9 Å². The van der Waals surface area contributed by atoms with Crippen molar-refractivity contribution in [1.29, 1.82) is 0 Å². The van der Waals surface area contributed by atoms with Crippen LogP contribution in [0.3, 0.4) is 0 Å². The molecule has 2 aliphatic rings. The Bertz CT molecular complexity index is 634. The molecule has 0 radical (unpaired) electrons. The zero-order valence-electron chi connectivity index (χ0n) is 14.0. The standard InChI is InChI=1S/C17H22ClN3O2S/c1-12(16(23)20-9-7-19(2)8-10-20)21-15(22)11-24-17(21)13-5-3-4-6-14(13)18/h3-6,12,17H,7-11H2,1-2H3/p+1/t12-,17+/m1/s1. The van der Waals surface area contributed by atoms with Gasteiger partial charge in [-0.2, -0.15) is 0 Å². The van der Waals surface area contributed by atoms with Gasteiger partial charge in [0.05, 0.1) is 39.0 Å². The van der Waals surface area contributed by atoms with E-state index in [2.05, 4.69) is 7.05 Å². The van der Waals surface area contributed by atoms with Crippen LogP contribution in [0.15, 0.2) is 24.3 Å². The van der Waals surface area contributed by atoms with Gasteiger partial charge in [-0.1, -0.05) is 29.8 Å². The van der Waals surface area contributed by atoms with Crippen LogP contribution in [0.25, 0.3) is 0 Å². The first kappa shape index (κ1) is 17.6. The van der Waals surface area contributed by atoms with Gasteiger partial charge in [0.1, 0.15) is 11.4 Å². The van der Waals surface area contributed by atoms with E-state index in [0.29, 0.717) is 10.8 Å². The number of likely N-dealkylation sites (N-methyl/N-ethyl adjacent to an activating group) is 1. The van der Waals surface area contributed by atoms with Crippen LogP contribution in [-0.2, 0) is 9.59 Å². The third-order valence-corrected chi connectivity index (χ3v) is 6.33. The van der Waals surface area contributed by atoms with E-state index in [9.17, 15) is 9.59 Å². The van der Waals surface area contributed by atoms with E-state index in [1.807, 2.05) is 36.1 Å². The highest BCUT2D eigenvalue weighted by Crippen LogP contribution is 2.42. The number of hydrogen-bond donors (Lipinski definition) is 1. The number of thioether (sulfide) groups is 1. The lowest BCUT2D eigenvalue weighted by Gasteiger charge is -2.36. The van der Waals surface area contributed by atoms with Gasteiger partial charge >= 0.3 is 0 Å². The van der Waals surface area contributed by atoms with E-state index in [0.717, 1.165) is 31.7 Å². The molecule has 0 unspecified atom stereocenters. The Balaban J connectivity index is 1.79. The van der Waals surface area contributed by atoms with Crippen LogP contribution >= 0.6 is 23.4 Å². The molecule has 2 atom stereocenters. The van der Waals surface area contributed by atoms with Gasteiger partial charge in [0.2, 0.25) is 11.8 Å². The van der Waals surface area contributed by atoms with E-state index in [1.165, 1.54) is 16.7 Å². The van der Waals surface area contributed by atoms with E-state index < -0.39 is 6.04 Å². The smallest absolute Gasteiger partial charge is 0.245 e. The minimum Gasteiger partial charge on any atom is -0.334 e. The maximum absolute atomic E-state index is 12.9. The van der Waals surface area contributed by atoms with Crippen molar-refractivity contribution in [3.63, 3.8) is 0 Å². The maximum Gasteiger partial charge on any atom is 0.245 e. The van der Waals surface area contributed by atoms with Crippen LogP contribution in [0, 0.1) is 0 Å². The second-order valence-corrected chi connectivity index (χ2v) is 7.92. The molecule has 0 spiro atoms. The summed E-state index contributed by atoms with van der Waals surface area (Å²) in [4.78, 5) is 30.3. The molecule has 0 bridgehead atoms. The Hall–Kier alpha value is -1.24. The van der Waals surface area contributed by atoms with Gasteiger partial charge in [0.15, 0.2) is 0 Å². The van der Waals surface area contributed by atoms with Gasteiger partial charge in [-0.05, 0) is 13.0 Å². The topological polar surface area (TPSA) is 45.1 Å². The molecule has 2 saturated heterocycles. The quantitative estimate of drug-likeness (QED) is 0.852. The predicted molar refractivity (Wildman–Crippen MR) is 96.2 cm³/mol. The van der Waals surface area contributed by atoms with E-state index in [-0.39, 0.29) is 17.2 Å². The van der Waals surface area contributed by atoms with Gasteiger partial charge < -0.3 is 14.7 Å². The van der Waals surface area contributed by atoms with Crippen LogP contribution in [-0.4, -0.2) is 66.6 Å². The maximum atomic E-state index is 12.9. The van der Waals surface area contributed by atoms with Crippen LogP contribution in [0.2, 0.25) is 5.02 Å². The fourth-order valence-electron chi connectivity index (χ4n) is 3.26. The molecule has 1 N–H and O–H groups in total. The molecule has 2 fully saturated rings. The summed E-state index contributed by atoms with van der Waals surface area (Å²) in [6.45, 7) is 5.24. The number of carbonyl (C=O) groups is 2. The van der Waals surface area contributed by atoms with E-state index in [4.69, 9.17) is 11.6 Å². The molecule has 2 heterocycles. The van der Waals surface area contributed by atoms with Crippen molar-refractivity contribution in [1.82, 2.24) is 9.80 Å². The zero-order valence-corrected chi connectivity index (χ0v) is 15.6. The van der Waals surface area contributed by atoms with Crippen molar-refractivity contribution in [3.8, 4) is 0 Å². The Morgan fingerprint density at radius 2 is 2.00 bits per heavy atom. The van der Waals surface area contributed by atoms with Crippen LogP contribution in [0.1, 0.15) is 17.9 Å². The Morgan fingerprint density at radius 3 is 2.67 bits per heavy atom. The Kier molecular flexibility index (Phi) is 5.37. The number of carbonyl (C=O) groups excluding carboxylic acids is 2. The summed E-state index contributed by atoms with van der Waals surface area (Å²) in [6.07, 6.45) is 0. The second kappa shape index (κ2) is 7.33. The molecule has 2 aliphatic heterocycles.